The zero-order valence-electron chi connectivity index (χ0n) is 9.54. The second-order valence-corrected chi connectivity index (χ2v) is 5.68. The predicted molar refractivity (Wildman–Crippen MR) is 75.4 cm³/mol. The normalized spacial score (nSPS) is 10.8. The molecule has 0 aliphatic carbocycles. The fraction of sp³-hybridized carbons (Fsp3) is 0.308. The number of hydrogen-bond acceptors (Lipinski definition) is 2. The minimum absolute atomic E-state index is 0.671. The summed E-state index contributed by atoms with van der Waals surface area (Å²) in [6.45, 7) is 2.16. The fourth-order valence-electron chi connectivity index (χ4n) is 1.63. The van der Waals surface area contributed by atoms with Gasteiger partial charge < -0.3 is 0 Å². The van der Waals surface area contributed by atoms with E-state index in [1.807, 2.05) is 12.1 Å². The summed E-state index contributed by atoms with van der Waals surface area (Å²) in [5.74, 6) is 0. The number of aryl methyl sites for hydroxylation is 1. The van der Waals surface area contributed by atoms with Crippen LogP contribution in [0, 0.1) is 0 Å². The molecule has 90 valence electrons. The molecule has 0 saturated carbocycles. The summed E-state index contributed by atoms with van der Waals surface area (Å²) in [5, 5.41) is 4.62. The van der Waals surface area contributed by atoms with Gasteiger partial charge >= 0.3 is 0 Å². The lowest BCUT2D eigenvalue weighted by Crippen LogP contribution is -1.90. The molecule has 1 heterocycles. The van der Waals surface area contributed by atoms with Crippen LogP contribution in [0.2, 0.25) is 10.0 Å². The Morgan fingerprint density at radius 1 is 1.29 bits per heavy atom. The molecular weight excluding hydrogens is 273 g/mol. The van der Waals surface area contributed by atoms with E-state index < -0.39 is 0 Å². The Balaban J connectivity index is 2.13. The topological polar surface area (TPSA) is 12.9 Å². The SMILES string of the molecule is CCCc1csc(Cc2ccc(Cl)cc2Cl)n1. The van der Waals surface area contributed by atoms with E-state index >= 15 is 0 Å². The first kappa shape index (κ1) is 12.9. The molecule has 0 spiro atoms. The third kappa shape index (κ3) is 3.44. The monoisotopic (exact) mass is 285 g/mol. The molecule has 0 bridgehead atoms. The van der Waals surface area contributed by atoms with Crippen LogP contribution in [0.5, 0.6) is 0 Å². The third-order valence-electron chi connectivity index (χ3n) is 2.46. The molecule has 1 aromatic carbocycles. The van der Waals surface area contributed by atoms with Gasteiger partial charge in [0, 0.05) is 21.8 Å². The third-order valence-corrected chi connectivity index (χ3v) is 3.95. The van der Waals surface area contributed by atoms with Gasteiger partial charge in [-0.15, -0.1) is 11.3 Å². The van der Waals surface area contributed by atoms with Gasteiger partial charge in [-0.1, -0.05) is 42.6 Å². The van der Waals surface area contributed by atoms with E-state index in [2.05, 4.69) is 17.3 Å². The van der Waals surface area contributed by atoms with Crippen molar-refractivity contribution in [1.29, 1.82) is 0 Å². The number of aromatic nitrogens is 1. The maximum atomic E-state index is 6.14. The highest BCUT2D eigenvalue weighted by molar-refractivity contribution is 7.09. The van der Waals surface area contributed by atoms with E-state index in [9.17, 15) is 0 Å². The smallest absolute Gasteiger partial charge is 0.0972 e. The maximum Gasteiger partial charge on any atom is 0.0972 e. The first-order valence-electron chi connectivity index (χ1n) is 5.56. The second-order valence-electron chi connectivity index (χ2n) is 3.90. The van der Waals surface area contributed by atoms with E-state index in [1.165, 1.54) is 5.69 Å². The average Bonchev–Trinajstić information content (AvgIpc) is 2.71. The molecule has 0 fully saturated rings. The molecule has 4 heteroatoms. The van der Waals surface area contributed by atoms with Crippen molar-refractivity contribution in [2.45, 2.75) is 26.2 Å². The summed E-state index contributed by atoms with van der Waals surface area (Å²) < 4.78 is 0. The molecule has 1 aromatic heterocycles. The highest BCUT2D eigenvalue weighted by Crippen LogP contribution is 2.24. The van der Waals surface area contributed by atoms with Gasteiger partial charge in [0.05, 0.1) is 10.7 Å². The average molecular weight is 286 g/mol. The fourth-order valence-corrected chi connectivity index (χ4v) is 2.96. The highest BCUT2D eigenvalue weighted by Gasteiger charge is 2.06. The maximum absolute atomic E-state index is 6.14. The van der Waals surface area contributed by atoms with Crippen LogP contribution in [-0.2, 0) is 12.8 Å². The Labute approximate surface area is 115 Å². The van der Waals surface area contributed by atoms with E-state index in [-0.39, 0.29) is 0 Å². The second kappa shape index (κ2) is 5.85. The zero-order chi connectivity index (χ0) is 12.3. The lowest BCUT2D eigenvalue weighted by atomic mass is 10.1. The number of nitrogens with zero attached hydrogens (tertiary/aromatic N) is 1. The highest BCUT2D eigenvalue weighted by atomic mass is 35.5. The summed E-state index contributed by atoms with van der Waals surface area (Å²) in [7, 11) is 0. The van der Waals surface area contributed by atoms with Crippen molar-refractivity contribution in [3.05, 3.63) is 49.9 Å². The van der Waals surface area contributed by atoms with Crippen LogP contribution in [0.1, 0.15) is 29.6 Å². The number of benzene rings is 1. The molecule has 0 radical (unpaired) electrons. The van der Waals surface area contributed by atoms with Crippen molar-refractivity contribution in [3.8, 4) is 0 Å². The minimum Gasteiger partial charge on any atom is -0.246 e. The van der Waals surface area contributed by atoms with Gasteiger partial charge in [0.15, 0.2) is 0 Å². The van der Waals surface area contributed by atoms with Gasteiger partial charge in [0.1, 0.15) is 0 Å². The predicted octanol–water partition coefficient (Wildman–Crippen LogP) is 4.99. The number of hydrogen-bond donors (Lipinski definition) is 0. The van der Waals surface area contributed by atoms with E-state index in [0.29, 0.717) is 10.0 Å². The Kier molecular flexibility index (Phi) is 4.43. The van der Waals surface area contributed by atoms with Gasteiger partial charge in [-0.25, -0.2) is 4.98 Å². The quantitative estimate of drug-likeness (QED) is 0.771. The molecule has 1 nitrogen and oxygen atoms in total. The molecule has 0 unspecified atom stereocenters. The summed E-state index contributed by atoms with van der Waals surface area (Å²) in [6.07, 6.45) is 2.96. The van der Waals surface area contributed by atoms with Crippen molar-refractivity contribution in [3.63, 3.8) is 0 Å². The standard InChI is InChI=1S/C13H13Cl2NS/c1-2-3-11-8-17-13(16-11)6-9-4-5-10(14)7-12(9)15/h4-5,7-8H,2-3,6H2,1H3. The van der Waals surface area contributed by atoms with Crippen LogP contribution in [-0.4, -0.2) is 4.98 Å². The summed E-state index contributed by atoms with van der Waals surface area (Å²) >= 11 is 13.7. The van der Waals surface area contributed by atoms with Crippen LogP contribution >= 0.6 is 34.5 Å². The van der Waals surface area contributed by atoms with Crippen molar-refractivity contribution < 1.29 is 0 Å². The van der Waals surface area contributed by atoms with Crippen molar-refractivity contribution in [2.24, 2.45) is 0 Å². The Morgan fingerprint density at radius 3 is 2.82 bits per heavy atom. The summed E-state index contributed by atoms with van der Waals surface area (Å²) in [4.78, 5) is 4.59. The van der Waals surface area contributed by atoms with Gasteiger partial charge in [-0.3, -0.25) is 0 Å². The van der Waals surface area contributed by atoms with Gasteiger partial charge in [0.2, 0.25) is 0 Å². The molecular formula is C13H13Cl2NS. The van der Waals surface area contributed by atoms with Crippen LogP contribution in [0.3, 0.4) is 0 Å². The van der Waals surface area contributed by atoms with Crippen LogP contribution < -0.4 is 0 Å². The molecule has 0 N–H and O–H groups in total. The number of thiazole rings is 1. The Hall–Kier alpha value is -0.570. The van der Waals surface area contributed by atoms with Gasteiger partial charge in [-0.2, -0.15) is 0 Å². The van der Waals surface area contributed by atoms with E-state index in [4.69, 9.17) is 23.2 Å². The van der Waals surface area contributed by atoms with Crippen molar-refractivity contribution in [1.82, 2.24) is 4.98 Å². The molecule has 0 aliphatic heterocycles. The lowest BCUT2D eigenvalue weighted by Gasteiger charge is -2.02. The lowest BCUT2D eigenvalue weighted by molar-refractivity contribution is 0.883. The summed E-state index contributed by atoms with van der Waals surface area (Å²) in [5.41, 5.74) is 2.26. The van der Waals surface area contributed by atoms with Crippen LogP contribution in [0.25, 0.3) is 0 Å². The molecule has 2 rings (SSSR count). The summed E-state index contributed by atoms with van der Waals surface area (Å²) in [6, 6.07) is 5.61. The molecule has 0 saturated heterocycles. The van der Waals surface area contributed by atoms with E-state index in [0.717, 1.165) is 29.8 Å². The zero-order valence-corrected chi connectivity index (χ0v) is 11.9. The first-order valence-corrected chi connectivity index (χ1v) is 7.20. The minimum atomic E-state index is 0.671. The molecule has 17 heavy (non-hydrogen) atoms. The molecule has 0 amide bonds. The van der Waals surface area contributed by atoms with Crippen molar-refractivity contribution in [2.75, 3.05) is 0 Å². The Morgan fingerprint density at radius 2 is 2.12 bits per heavy atom. The van der Waals surface area contributed by atoms with E-state index in [1.54, 1.807) is 17.4 Å². The number of halogens is 2. The van der Waals surface area contributed by atoms with Crippen LogP contribution in [0.15, 0.2) is 23.6 Å². The van der Waals surface area contributed by atoms with Gasteiger partial charge in [0.25, 0.3) is 0 Å². The molecule has 2 aromatic rings. The van der Waals surface area contributed by atoms with Crippen molar-refractivity contribution >= 4 is 34.5 Å². The molecule has 0 atom stereocenters. The van der Waals surface area contributed by atoms with Gasteiger partial charge in [-0.05, 0) is 24.1 Å². The first-order chi connectivity index (χ1) is 8.19. The molecule has 0 aliphatic rings. The largest absolute Gasteiger partial charge is 0.246 e. The number of rotatable bonds is 4. The Bertz CT molecular complexity index is 508. The van der Waals surface area contributed by atoms with Crippen LogP contribution in [0.4, 0.5) is 0 Å².